The normalized spacial score (nSPS) is 16.6. The van der Waals surface area contributed by atoms with E-state index in [-0.39, 0.29) is 16.5 Å². The fourth-order valence-electron chi connectivity index (χ4n) is 2.19. The Balaban J connectivity index is 2.23. The van der Waals surface area contributed by atoms with Crippen molar-refractivity contribution < 1.29 is 9.72 Å². The Hall–Kier alpha value is -1.18. The lowest BCUT2D eigenvalue weighted by Crippen LogP contribution is -2.34. The minimum atomic E-state index is -0.344. The number of hydrogen-bond donors (Lipinski definition) is 0. The summed E-state index contributed by atoms with van der Waals surface area (Å²) in [5.74, 6) is 0.101. The van der Waals surface area contributed by atoms with Crippen LogP contribution in [0.2, 0.25) is 0 Å². The summed E-state index contributed by atoms with van der Waals surface area (Å²) in [6, 6.07) is 5.25. The summed E-state index contributed by atoms with van der Waals surface area (Å²) in [5, 5.41) is 11.1. The number of nitro groups is 1. The number of benzene rings is 1. The summed E-state index contributed by atoms with van der Waals surface area (Å²) in [6.07, 6.45) is 2.53. The van der Waals surface area contributed by atoms with E-state index in [4.69, 9.17) is 0 Å². The summed E-state index contributed by atoms with van der Waals surface area (Å²) in [4.78, 5) is 23.4. The Morgan fingerprint density at radius 3 is 2.61 bits per heavy atom. The number of nitrogens with zero attached hydrogens (tertiary/aromatic N) is 2. The van der Waals surface area contributed by atoms with Gasteiger partial charge in [0, 0.05) is 28.6 Å². The molecule has 5 nitrogen and oxygen atoms in total. The number of halogens is 1. The summed E-state index contributed by atoms with van der Waals surface area (Å²) in [7, 11) is 0. The predicted molar refractivity (Wildman–Crippen MR) is 76.8 cm³/mol. The molecule has 18 heavy (non-hydrogen) atoms. The number of carbonyl (C=O) groups is 1. The lowest BCUT2D eigenvalue weighted by atomic mass is 9.98. The Morgan fingerprint density at radius 1 is 1.39 bits per heavy atom. The fraction of sp³-hybridized carbons (Fsp3) is 0.417. The van der Waals surface area contributed by atoms with E-state index in [0.29, 0.717) is 18.8 Å². The second kappa shape index (κ2) is 5.64. The molecule has 0 spiro atoms. The van der Waals surface area contributed by atoms with Crippen LogP contribution in [-0.2, 0) is 4.79 Å². The second-order valence-corrected chi connectivity index (χ2v) is 5.60. The molecular formula is C12H13IN2O3. The molecule has 2 rings (SSSR count). The predicted octanol–water partition coefficient (Wildman–Crippen LogP) is 2.61. The number of carbonyl (C=O) groups excluding carboxylic acids is 1. The average Bonchev–Trinajstić information content (AvgIpc) is 2.39. The monoisotopic (exact) mass is 360 g/mol. The highest BCUT2D eigenvalue weighted by molar-refractivity contribution is 14.1. The molecule has 1 heterocycles. The van der Waals surface area contributed by atoms with E-state index in [2.05, 4.69) is 22.6 Å². The van der Waals surface area contributed by atoms with Crippen LogP contribution in [0.5, 0.6) is 0 Å². The van der Waals surface area contributed by atoms with Crippen molar-refractivity contribution in [3.8, 4) is 0 Å². The molecule has 1 fully saturated rings. The topological polar surface area (TPSA) is 63.5 Å². The third-order valence-electron chi connectivity index (χ3n) is 3.21. The first-order chi connectivity index (χ1) is 8.61. The maximum Gasteiger partial charge on any atom is 0.293 e. The minimum absolute atomic E-state index is 0.101. The van der Waals surface area contributed by atoms with Crippen LogP contribution < -0.4 is 4.90 Å². The van der Waals surface area contributed by atoms with Crippen molar-refractivity contribution in [2.24, 2.45) is 5.92 Å². The fourth-order valence-corrected chi connectivity index (χ4v) is 2.66. The molecule has 6 heteroatoms. The molecule has 0 aliphatic carbocycles. The first-order valence-corrected chi connectivity index (χ1v) is 6.84. The zero-order valence-electron chi connectivity index (χ0n) is 9.71. The van der Waals surface area contributed by atoms with Gasteiger partial charge in [-0.1, -0.05) is 0 Å². The lowest BCUT2D eigenvalue weighted by Gasteiger charge is -2.31. The first kappa shape index (κ1) is 13.3. The number of nitro benzene ring substituents is 1. The molecule has 0 saturated carbocycles. The van der Waals surface area contributed by atoms with Crippen LogP contribution in [0.1, 0.15) is 12.8 Å². The zero-order valence-corrected chi connectivity index (χ0v) is 11.9. The van der Waals surface area contributed by atoms with Crippen LogP contribution in [-0.4, -0.2) is 24.3 Å². The van der Waals surface area contributed by atoms with Gasteiger partial charge in [0.1, 0.15) is 12.0 Å². The van der Waals surface area contributed by atoms with Gasteiger partial charge in [-0.2, -0.15) is 0 Å². The zero-order chi connectivity index (χ0) is 13.1. The van der Waals surface area contributed by atoms with Gasteiger partial charge in [0.2, 0.25) is 0 Å². The van der Waals surface area contributed by atoms with Crippen molar-refractivity contribution in [1.82, 2.24) is 0 Å². The molecule has 96 valence electrons. The number of rotatable bonds is 3. The first-order valence-electron chi connectivity index (χ1n) is 5.76. The van der Waals surface area contributed by atoms with Crippen molar-refractivity contribution in [3.05, 3.63) is 31.9 Å². The second-order valence-electron chi connectivity index (χ2n) is 4.35. The molecule has 1 aliphatic heterocycles. The highest BCUT2D eigenvalue weighted by Crippen LogP contribution is 2.32. The maximum atomic E-state index is 11.1. The van der Waals surface area contributed by atoms with E-state index >= 15 is 0 Å². The molecule has 0 aromatic heterocycles. The van der Waals surface area contributed by atoms with Crippen molar-refractivity contribution >= 4 is 40.3 Å². The van der Waals surface area contributed by atoms with Crippen LogP contribution in [0.25, 0.3) is 0 Å². The molecule has 0 radical (unpaired) electrons. The number of piperidine rings is 1. The lowest BCUT2D eigenvalue weighted by molar-refractivity contribution is -0.384. The Morgan fingerprint density at radius 2 is 2.06 bits per heavy atom. The van der Waals surface area contributed by atoms with E-state index in [1.54, 1.807) is 12.1 Å². The standard InChI is InChI=1S/C12H13IN2O3/c13-10-1-2-11(12(7-10)15(17)18)14-5-3-9(8-16)4-6-14/h1-2,7-9H,3-6H2. The largest absolute Gasteiger partial charge is 0.366 e. The van der Waals surface area contributed by atoms with E-state index in [9.17, 15) is 14.9 Å². The van der Waals surface area contributed by atoms with Crippen LogP contribution in [0.4, 0.5) is 11.4 Å². The van der Waals surface area contributed by atoms with E-state index < -0.39 is 0 Å². The van der Waals surface area contributed by atoms with E-state index in [1.807, 2.05) is 11.0 Å². The molecule has 1 saturated heterocycles. The third kappa shape index (κ3) is 2.80. The van der Waals surface area contributed by atoms with Crippen LogP contribution in [0.3, 0.4) is 0 Å². The third-order valence-corrected chi connectivity index (χ3v) is 3.88. The summed E-state index contributed by atoms with van der Waals surface area (Å²) in [5.41, 5.74) is 0.802. The molecule has 0 atom stereocenters. The number of hydrogen-bond acceptors (Lipinski definition) is 4. The number of aldehydes is 1. The van der Waals surface area contributed by atoms with Gasteiger partial charge in [-0.25, -0.2) is 0 Å². The minimum Gasteiger partial charge on any atom is -0.366 e. The Kier molecular flexibility index (Phi) is 4.15. The van der Waals surface area contributed by atoms with Gasteiger partial charge in [-0.05, 0) is 47.6 Å². The van der Waals surface area contributed by atoms with Gasteiger partial charge in [-0.3, -0.25) is 10.1 Å². The summed E-state index contributed by atoms with van der Waals surface area (Å²) >= 11 is 2.07. The Bertz CT molecular complexity index is 470. The molecule has 0 bridgehead atoms. The molecular weight excluding hydrogens is 347 g/mol. The molecule has 0 N–H and O–H groups in total. The van der Waals surface area contributed by atoms with Gasteiger partial charge in [0.15, 0.2) is 0 Å². The van der Waals surface area contributed by atoms with Crippen LogP contribution in [0.15, 0.2) is 18.2 Å². The SMILES string of the molecule is O=CC1CCN(c2ccc(I)cc2[N+](=O)[O-])CC1. The smallest absolute Gasteiger partial charge is 0.293 e. The molecule has 1 aromatic rings. The molecule has 1 aromatic carbocycles. The maximum absolute atomic E-state index is 11.1. The van der Waals surface area contributed by atoms with Crippen LogP contribution in [0, 0.1) is 19.6 Å². The van der Waals surface area contributed by atoms with Gasteiger partial charge in [-0.15, -0.1) is 0 Å². The quantitative estimate of drug-likeness (QED) is 0.360. The van der Waals surface area contributed by atoms with Gasteiger partial charge >= 0.3 is 0 Å². The highest BCUT2D eigenvalue weighted by atomic mass is 127. The summed E-state index contributed by atoms with van der Waals surface area (Å²) in [6.45, 7) is 1.40. The number of anilines is 1. The van der Waals surface area contributed by atoms with Crippen molar-refractivity contribution in [2.45, 2.75) is 12.8 Å². The van der Waals surface area contributed by atoms with Crippen molar-refractivity contribution in [3.63, 3.8) is 0 Å². The van der Waals surface area contributed by atoms with Crippen molar-refractivity contribution in [2.75, 3.05) is 18.0 Å². The van der Waals surface area contributed by atoms with Crippen molar-refractivity contribution in [1.29, 1.82) is 0 Å². The van der Waals surface area contributed by atoms with Gasteiger partial charge < -0.3 is 9.69 Å². The van der Waals surface area contributed by atoms with E-state index in [1.165, 1.54) is 0 Å². The Labute approximate surface area is 118 Å². The molecule has 1 aliphatic rings. The molecule has 0 unspecified atom stereocenters. The average molecular weight is 360 g/mol. The van der Waals surface area contributed by atoms with Gasteiger partial charge in [0.05, 0.1) is 4.92 Å². The summed E-state index contributed by atoms with van der Waals surface area (Å²) < 4.78 is 0.853. The van der Waals surface area contributed by atoms with Gasteiger partial charge in [0.25, 0.3) is 5.69 Å². The highest BCUT2D eigenvalue weighted by Gasteiger charge is 2.24. The van der Waals surface area contributed by atoms with E-state index in [0.717, 1.165) is 22.7 Å². The molecule has 0 amide bonds. The van der Waals surface area contributed by atoms with Crippen LogP contribution >= 0.6 is 22.6 Å².